The molecule has 20 heavy (non-hydrogen) atoms. The van der Waals surface area contributed by atoms with Crippen LogP contribution in [0.5, 0.6) is 0 Å². The van der Waals surface area contributed by atoms with Gasteiger partial charge in [-0.15, -0.1) is 4.83 Å². The fourth-order valence-corrected chi connectivity index (χ4v) is 3.28. The minimum atomic E-state index is -3.73. The summed E-state index contributed by atoms with van der Waals surface area (Å²) in [6.45, 7) is 4.26. The summed E-state index contributed by atoms with van der Waals surface area (Å²) in [4.78, 5) is 4.60. The molecule has 1 saturated heterocycles. The lowest BCUT2D eigenvalue weighted by Gasteiger charge is -2.32. The third-order valence-corrected chi connectivity index (χ3v) is 4.67. The molecule has 2 rings (SSSR count). The van der Waals surface area contributed by atoms with E-state index in [1.54, 1.807) is 5.01 Å². The van der Waals surface area contributed by atoms with Crippen LogP contribution in [0, 0.1) is 12.7 Å². The van der Waals surface area contributed by atoms with Gasteiger partial charge in [0, 0.05) is 26.2 Å². The van der Waals surface area contributed by atoms with Crippen molar-refractivity contribution in [3.8, 4) is 0 Å². The van der Waals surface area contributed by atoms with Crippen molar-refractivity contribution in [3.05, 3.63) is 23.5 Å². The standard InChI is InChI=1S/C12H19FN4O2S/c1-9-7-10(8-11(14)12(9)13)20(18,19)15-17-5-3-16(2)4-6-17/h7-8,15H,3-6,14H2,1-2H3. The highest BCUT2D eigenvalue weighted by Gasteiger charge is 2.22. The summed E-state index contributed by atoms with van der Waals surface area (Å²) in [6, 6.07) is 2.42. The lowest BCUT2D eigenvalue weighted by atomic mass is 10.2. The van der Waals surface area contributed by atoms with Gasteiger partial charge in [-0.1, -0.05) is 0 Å². The Bertz CT molecular complexity index is 574. The largest absolute Gasteiger partial charge is 0.396 e. The molecule has 1 aliphatic rings. The molecular weight excluding hydrogens is 283 g/mol. The highest BCUT2D eigenvalue weighted by molar-refractivity contribution is 7.89. The number of nitrogens with one attached hydrogen (secondary N) is 1. The van der Waals surface area contributed by atoms with Crippen LogP contribution in [-0.4, -0.2) is 51.6 Å². The van der Waals surface area contributed by atoms with Crippen molar-refractivity contribution >= 4 is 15.7 Å². The second-order valence-electron chi connectivity index (χ2n) is 5.03. The molecule has 6 nitrogen and oxygen atoms in total. The van der Waals surface area contributed by atoms with Gasteiger partial charge in [0.25, 0.3) is 10.0 Å². The van der Waals surface area contributed by atoms with E-state index in [0.29, 0.717) is 13.1 Å². The number of anilines is 1. The summed E-state index contributed by atoms with van der Waals surface area (Å²) in [5.74, 6) is -0.580. The van der Waals surface area contributed by atoms with E-state index in [1.807, 2.05) is 7.05 Å². The maximum absolute atomic E-state index is 13.4. The molecule has 0 atom stereocenters. The van der Waals surface area contributed by atoms with Crippen LogP contribution in [0.4, 0.5) is 10.1 Å². The number of halogens is 1. The Kier molecular flexibility index (Phi) is 4.28. The number of nitrogens with zero attached hydrogens (tertiary/aromatic N) is 2. The van der Waals surface area contributed by atoms with Crippen molar-refractivity contribution in [2.24, 2.45) is 0 Å². The third kappa shape index (κ3) is 3.26. The van der Waals surface area contributed by atoms with Crippen LogP contribution in [0.25, 0.3) is 0 Å². The Morgan fingerprint density at radius 3 is 2.40 bits per heavy atom. The molecule has 0 unspecified atom stereocenters. The average molecular weight is 302 g/mol. The molecule has 1 heterocycles. The molecule has 0 amide bonds. The Morgan fingerprint density at radius 2 is 1.85 bits per heavy atom. The van der Waals surface area contributed by atoms with Gasteiger partial charge in [0.1, 0.15) is 5.82 Å². The molecule has 1 aromatic rings. The monoisotopic (exact) mass is 302 g/mol. The fourth-order valence-electron chi connectivity index (χ4n) is 2.04. The molecule has 1 aromatic carbocycles. The van der Waals surface area contributed by atoms with E-state index in [2.05, 4.69) is 9.73 Å². The lowest BCUT2D eigenvalue weighted by Crippen LogP contribution is -2.52. The molecule has 112 valence electrons. The van der Waals surface area contributed by atoms with Crippen molar-refractivity contribution in [1.29, 1.82) is 0 Å². The number of hydrogen-bond acceptors (Lipinski definition) is 5. The predicted octanol–water partition coefficient (Wildman–Crippen LogP) is 0.157. The molecule has 0 aromatic heterocycles. The smallest absolute Gasteiger partial charge is 0.253 e. The lowest BCUT2D eigenvalue weighted by molar-refractivity contribution is 0.135. The predicted molar refractivity (Wildman–Crippen MR) is 74.9 cm³/mol. The molecule has 1 aliphatic heterocycles. The molecule has 1 fully saturated rings. The van der Waals surface area contributed by atoms with E-state index in [1.165, 1.54) is 13.0 Å². The molecule has 0 saturated carbocycles. The van der Waals surface area contributed by atoms with E-state index in [-0.39, 0.29) is 16.1 Å². The summed E-state index contributed by atoms with van der Waals surface area (Å²) >= 11 is 0. The second kappa shape index (κ2) is 5.65. The van der Waals surface area contributed by atoms with Crippen LogP contribution in [-0.2, 0) is 10.0 Å². The highest BCUT2D eigenvalue weighted by Crippen LogP contribution is 2.21. The number of hydrogen-bond donors (Lipinski definition) is 2. The zero-order chi connectivity index (χ0) is 14.9. The van der Waals surface area contributed by atoms with Crippen LogP contribution >= 0.6 is 0 Å². The van der Waals surface area contributed by atoms with Gasteiger partial charge in [0.2, 0.25) is 0 Å². The van der Waals surface area contributed by atoms with Gasteiger partial charge < -0.3 is 10.6 Å². The number of rotatable bonds is 3. The van der Waals surface area contributed by atoms with Gasteiger partial charge in [0.15, 0.2) is 0 Å². The molecule has 0 aliphatic carbocycles. The van der Waals surface area contributed by atoms with Crippen molar-refractivity contribution in [2.75, 3.05) is 39.0 Å². The van der Waals surface area contributed by atoms with Gasteiger partial charge in [-0.05, 0) is 31.7 Å². The number of likely N-dealkylation sites (N-methyl/N-ethyl adjacent to an activating group) is 1. The first-order valence-corrected chi connectivity index (χ1v) is 7.79. The van der Waals surface area contributed by atoms with Gasteiger partial charge in [-0.2, -0.15) is 0 Å². The topological polar surface area (TPSA) is 78.7 Å². The highest BCUT2D eigenvalue weighted by atomic mass is 32.2. The van der Waals surface area contributed by atoms with Crippen LogP contribution in [0.15, 0.2) is 17.0 Å². The molecule has 0 bridgehead atoms. The quantitative estimate of drug-likeness (QED) is 0.778. The maximum Gasteiger partial charge on any atom is 0.253 e. The summed E-state index contributed by atoms with van der Waals surface area (Å²) in [5, 5.41) is 1.64. The van der Waals surface area contributed by atoms with Gasteiger partial charge in [-0.25, -0.2) is 17.8 Å². The Hall–Kier alpha value is -1.22. The van der Waals surface area contributed by atoms with E-state index in [0.717, 1.165) is 19.2 Å². The first-order chi connectivity index (χ1) is 9.29. The van der Waals surface area contributed by atoms with Crippen molar-refractivity contribution in [1.82, 2.24) is 14.7 Å². The van der Waals surface area contributed by atoms with Crippen molar-refractivity contribution < 1.29 is 12.8 Å². The Morgan fingerprint density at radius 1 is 1.25 bits per heavy atom. The zero-order valence-corrected chi connectivity index (χ0v) is 12.4. The Balaban J connectivity index is 2.18. The molecule has 0 radical (unpaired) electrons. The number of nitrogen functional groups attached to an aromatic ring is 1. The average Bonchev–Trinajstić information content (AvgIpc) is 2.38. The van der Waals surface area contributed by atoms with Crippen molar-refractivity contribution in [3.63, 3.8) is 0 Å². The molecule has 3 N–H and O–H groups in total. The van der Waals surface area contributed by atoms with Gasteiger partial charge in [-0.3, -0.25) is 0 Å². The van der Waals surface area contributed by atoms with E-state index in [4.69, 9.17) is 5.73 Å². The van der Waals surface area contributed by atoms with Crippen LogP contribution in [0.3, 0.4) is 0 Å². The SMILES string of the molecule is Cc1cc(S(=O)(=O)NN2CCN(C)CC2)cc(N)c1F. The summed E-state index contributed by atoms with van der Waals surface area (Å²) < 4.78 is 38.0. The van der Waals surface area contributed by atoms with Gasteiger partial charge in [0.05, 0.1) is 10.6 Å². The third-order valence-electron chi connectivity index (χ3n) is 3.32. The number of aryl methyl sites for hydroxylation is 1. The van der Waals surface area contributed by atoms with Crippen LogP contribution in [0.2, 0.25) is 0 Å². The molecule has 0 spiro atoms. The van der Waals surface area contributed by atoms with E-state index >= 15 is 0 Å². The maximum atomic E-state index is 13.4. The minimum Gasteiger partial charge on any atom is -0.396 e. The first kappa shape index (κ1) is 15.2. The fraction of sp³-hybridized carbons (Fsp3) is 0.500. The van der Waals surface area contributed by atoms with E-state index in [9.17, 15) is 12.8 Å². The summed E-state index contributed by atoms with van der Waals surface area (Å²) in [5.41, 5.74) is 5.53. The summed E-state index contributed by atoms with van der Waals surface area (Å²) in [6.07, 6.45) is 0. The minimum absolute atomic E-state index is 0.0205. The van der Waals surface area contributed by atoms with Gasteiger partial charge >= 0.3 is 0 Å². The number of hydrazine groups is 1. The number of nitrogens with two attached hydrogens (primary N) is 1. The molecule has 8 heteroatoms. The van der Waals surface area contributed by atoms with Crippen LogP contribution < -0.4 is 10.6 Å². The number of sulfonamides is 1. The normalized spacial score (nSPS) is 18.4. The number of piperazine rings is 1. The van der Waals surface area contributed by atoms with E-state index < -0.39 is 15.8 Å². The zero-order valence-electron chi connectivity index (χ0n) is 11.6. The second-order valence-corrected chi connectivity index (χ2v) is 6.69. The van der Waals surface area contributed by atoms with Crippen LogP contribution in [0.1, 0.15) is 5.56 Å². The molecular formula is C12H19FN4O2S. The summed E-state index contributed by atoms with van der Waals surface area (Å²) in [7, 11) is -1.75. The first-order valence-electron chi connectivity index (χ1n) is 6.31. The van der Waals surface area contributed by atoms with Crippen molar-refractivity contribution in [2.45, 2.75) is 11.8 Å². The number of benzene rings is 1. The Labute approximate surface area is 118 Å².